The highest BCUT2D eigenvalue weighted by molar-refractivity contribution is 6.10. The molecule has 1 unspecified atom stereocenters. The van der Waals surface area contributed by atoms with E-state index in [1.54, 1.807) is 13.0 Å². The van der Waals surface area contributed by atoms with Gasteiger partial charge in [-0.2, -0.15) is 0 Å². The number of likely N-dealkylation sites (N-methyl/N-ethyl adjacent to an activating group) is 1. The number of amides is 5. The minimum atomic E-state index is -0.996. The molecule has 2 heterocycles. The van der Waals surface area contributed by atoms with Crippen LogP contribution < -0.4 is 10.6 Å². The molecule has 2 aliphatic rings. The molecule has 0 radical (unpaired) electrons. The summed E-state index contributed by atoms with van der Waals surface area (Å²) in [5.74, 6) is -0.524. The van der Waals surface area contributed by atoms with Gasteiger partial charge in [0.05, 0.1) is 6.54 Å². The molecule has 10 nitrogen and oxygen atoms in total. The van der Waals surface area contributed by atoms with Gasteiger partial charge in [0.1, 0.15) is 17.3 Å². The first-order chi connectivity index (χ1) is 12.7. The highest BCUT2D eigenvalue weighted by Crippen LogP contribution is 2.35. The maximum Gasteiger partial charge on any atom is 0.325 e. The molecule has 0 aromatic carbocycles. The Morgan fingerprint density at radius 1 is 1.41 bits per heavy atom. The van der Waals surface area contributed by atoms with E-state index in [-0.39, 0.29) is 18.3 Å². The second-order valence-corrected chi connectivity index (χ2v) is 7.14. The number of nitrogens with one attached hydrogen (secondary N) is 2. The topological polar surface area (TPSA) is 125 Å². The van der Waals surface area contributed by atoms with E-state index in [0.29, 0.717) is 18.6 Å². The summed E-state index contributed by atoms with van der Waals surface area (Å²) in [6, 6.07) is -0.000341. The number of aromatic nitrogens is 1. The van der Waals surface area contributed by atoms with E-state index in [1.807, 2.05) is 0 Å². The standard InChI is InChI=1S/C17H23N5O5/c1-10-8-12(20-27-10)18-13(23)9-21(3)14(24)11(2)22-15(25)17(19-16(22)26)6-4-5-7-17/h8,11H,4-7,9H2,1-3H3,(H,19,26)(H,18,20,23). The van der Waals surface area contributed by atoms with Gasteiger partial charge >= 0.3 is 6.03 Å². The van der Waals surface area contributed by atoms with Crippen LogP contribution in [0, 0.1) is 6.92 Å². The van der Waals surface area contributed by atoms with Crippen LogP contribution in [0.15, 0.2) is 10.6 Å². The average molecular weight is 377 g/mol. The monoisotopic (exact) mass is 377 g/mol. The Labute approximate surface area is 156 Å². The van der Waals surface area contributed by atoms with Crippen LogP contribution in [-0.2, 0) is 14.4 Å². The van der Waals surface area contributed by atoms with E-state index in [9.17, 15) is 19.2 Å². The summed E-state index contributed by atoms with van der Waals surface area (Å²) >= 11 is 0. The zero-order valence-electron chi connectivity index (χ0n) is 15.6. The van der Waals surface area contributed by atoms with E-state index in [2.05, 4.69) is 15.8 Å². The lowest BCUT2D eigenvalue weighted by Crippen LogP contribution is -2.51. The highest BCUT2D eigenvalue weighted by Gasteiger charge is 2.54. The Bertz CT molecular complexity index is 782. The highest BCUT2D eigenvalue weighted by atomic mass is 16.5. The molecule has 2 N–H and O–H groups in total. The molecule has 1 atom stereocenters. The lowest BCUT2D eigenvalue weighted by molar-refractivity contribution is -0.142. The van der Waals surface area contributed by atoms with Crippen LogP contribution in [-0.4, -0.2) is 63.9 Å². The van der Waals surface area contributed by atoms with Crippen molar-refractivity contribution in [2.24, 2.45) is 0 Å². The first-order valence-electron chi connectivity index (χ1n) is 8.87. The van der Waals surface area contributed by atoms with Crippen molar-refractivity contribution in [1.29, 1.82) is 0 Å². The molecule has 1 spiro atoms. The Kier molecular flexibility index (Phi) is 4.90. The number of urea groups is 1. The van der Waals surface area contributed by atoms with Crippen LogP contribution in [0.1, 0.15) is 38.4 Å². The number of hydrogen-bond donors (Lipinski definition) is 2. The maximum atomic E-state index is 12.7. The normalized spacial score (nSPS) is 19.3. The van der Waals surface area contributed by atoms with Gasteiger partial charge in [-0.25, -0.2) is 9.69 Å². The molecular weight excluding hydrogens is 354 g/mol. The molecule has 27 heavy (non-hydrogen) atoms. The second-order valence-electron chi connectivity index (χ2n) is 7.14. The zero-order valence-corrected chi connectivity index (χ0v) is 15.6. The van der Waals surface area contributed by atoms with Gasteiger partial charge in [-0.15, -0.1) is 0 Å². The summed E-state index contributed by atoms with van der Waals surface area (Å²) in [5.41, 5.74) is -0.869. The fourth-order valence-electron chi connectivity index (χ4n) is 3.64. The summed E-state index contributed by atoms with van der Waals surface area (Å²) in [6.07, 6.45) is 2.91. The van der Waals surface area contributed by atoms with Crippen LogP contribution in [0.2, 0.25) is 0 Å². The lowest BCUT2D eigenvalue weighted by atomic mass is 9.97. The van der Waals surface area contributed by atoms with Crippen molar-refractivity contribution in [2.75, 3.05) is 18.9 Å². The molecule has 5 amide bonds. The van der Waals surface area contributed by atoms with Gasteiger partial charge in [0.15, 0.2) is 5.82 Å². The van der Waals surface area contributed by atoms with Gasteiger partial charge in [-0.3, -0.25) is 14.4 Å². The van der Waals surface area contributed by atoms with Crippen LogP contribution in [0.5, 0.6) is 0 Å². The number of carbonyl (C=O) groups excluding carboxylic acids is 4. The molecule has 1 aliphatic carbocycles. The molecule has 146 valence electrons. The minimum absolute atomic E-state index is 0.246. The summed E-state index contributed by atoms with van der Waals surface area (Å²) in [6.45, 7) is 2.93. The number of imide groups is 1. The largest absolute Gasteiger partial charge is 0.360 e. The van der Waals surface area contributed by atoms with E-state index < -0.39 is 29.4 Å². The third kappa shape index (κ3) is 3.51. The lowest BCUT2D eigenvalue weighted by Gasteiger charge is -2.26. The van der Waals surface area contributed by atoms with Crippen molar-refractivity contribution >= 4 is 29.6 Å². The predicted molar refractivity (Wildman–Crippen MR) is 93.5 cm³/mol. The SMILES string of the molecule is Cc1cc(NC(=O)CN(C)C(=O)C(C)N2C(=O)NC3(CCCC3)C2=O)no1. The van der Waals surface area contributed by atoms with E-state index >= 15 is 0 Å². The minimum Gasteiger partial charge on any atom is -0.360 e. The number of aryl methyl sites for hydroxylation is 1. The Morgan fingerprint density at radius 2 is 2.07 bits per heavy atom. The molecule has 2 fully saturated rings. The fraction of sp³-hybridized carbons (Fsp3) is 0.588. The van der Waals surface area contributed by atoms with Crippen molar-refractivity contribution in [1.82, 2.24) is 20.3 Å². The fourth-order valence-corrected chi connectivity index (χ4v) is 3.64. The van der Waals surface area contributed by atoms with E-state index in [1.165, 1.54) is 18.9 Å². The summed E-state index contributed by atoms with van der Waals surface area (Å²) in [7, 11) is 1.44. The van der Waals surface area contributed by atoms with Crippen molar-refractivity contribution in [3.05, 3.63) is 11.8 Å². The molecule has 10 heteroatoms. The smallest absolute Gasteiger partial charge is 0.325 e. The van der Waals surface area contributed by atoms with Crippen LogP contribution in [0.25, 0.3) is 0 Å². The number of nitrogens with zero attached hydrogens (tertiary/aromatic N) is 3. The first-order valence-corrected chi connectivity index (χ1v) is 8.87. The molecule has 0 bridgehead atoms. The van der Waals surface area contributed by atoms with E-state index in [0.717, 1.165) is 17.7 Å². The molecule has 1 saturated heterocycles. The van der Waals surface area contributed by atoms with Crippen molar-refractivity contribution in [2.45, 2.75) is 51.1 Å². The van der Waals surface area contributed by atoms with Crippen LogP contribution in [0.3, 0.4) is 0 Å². The van der Waals surface area contributed by atoms with Crippen molar-refractivity contribution < 1.29 is 23.7 Å². The second kappa shape index (κ2) is 7.01. The van der Waals surface area contributed by atoms with Crippen LogP contribution >= 0.6 is 0 Å². The number of rotatable bonds is 5. The number of hydrogen-bond acceptors (Lipinski definition) is 6. The summed E-state index contributed by atoms with van der Waals surface area (Å²) in [4.78, 5) is 51.9. The van der Waals surface area contributed by atoms with Gasteiger partial charge in [-0.1, -0.05) is 18.0 Å². The van der Waals surface area contributed by atoms with Crippen molar-refractivity contribution in [3.8, 4) is 0 Å². The quantitative estimate of drug-likeness (QED) is 0.725. The Morgan fingerprint density at radius 3 is 2.67 bits per heavy atom. The molecular formula is C17H23N5O5. The van der Waals surface area contributed by atoms with Gasteiger partial charge < -0.3 is 20.1 Å². The predicted octanol–water partition coefficient (Wildman–Crippen LogP) is 0.633. The molecule has 1 aromatic heterocycles. The Balaban J connectivity index is 1.61. The van der Waals surface area contributed by atoms with E-state index in [4.69, 9.17) is 4.52 Å². The molecule has 1 aliphatic heterocycles. The third-order valence-corrected chi connectivity index (χ3v) is 5.05. The van der Waals surface area contributed by atoms with Crippen molar-refractivity contribution in [3.63, 3.8) is 0 Å². The molecule has 3 rings (SSSR count). The first kappa shape index (κ1) is 18.9. The number of anilines is 1. The van der Waals surface area contributed by atoms with Gasteiger partial charge in [0.2, 0.25) is 11.8 Å². The Hall–Kier alpha value is -2.91. The van der Waals surface area contributed by atoms with Gasteiger partial charge in [-0.05, 0) is 26.7 Å². The maximum absolute atomic E-state index is 12.7. The molecule has 1 aromatic rings. The number of carbonyl (C=O) groups is 4. The summed E-state index contributed by atoms with van der Waals surface area (Å²) < 4.78 is 4.86. The van der Waals surface area contributed by atoms with Gasteiger partial charge in [0, 0.05) is 13.1 Å². The average Bonchev–Trinajstić information content (AvgIpc) is 3.28. The summed E-state index contributed by atoms with van der Waals surface area (Å²) in [5, 5.41) is 8.92. The third-order valence-electron chi connectivity index (χ3n) is 5.05. The zero-order chi connectivity index (χ0) is 19.8. The molecule has 1 saturated carbocycles. The van der Waals surface area contributed by atoms with Crippen LogP contribution in [0.4, 0.5) is 10.6 Å². The van der Waals surface area contributed by atoms with Gasteiger partial charge in [0.25, 0.3) is 5.91 Å².